The highest BCUT2D eigenvalue weighted by atomic mass is 32.2. The summed E-state index contributed by atoms with van der Waals surface area (Å²) in [5.41, 5.74) is 2.63. The van der Waals surface area contributed by atoms with E-state index in [2.05, 4.69) is 11.1 Å². The normalized spacial score (nSPS) is 15.2. The number of carbonyl (C=O) groups is 2. The summed E-state index contributed by atoms with van der Waals surface area (Å²) in [6.45, 7) is 2.51. The van der Waals surface area contributed by atoms with Gasteiger partial charge >= 0.3 is 5.97 Å². The van der Waals surface area contributed by atoms with Crippen LogP contribution in [0.1, 0.15) is 34.0 Å². The summed E-state index contributed by atoms with van der Waals surface area (Å²) in [7, 11) is 1.62. The molecule has 0 spiro atoms. The van der Waals surface area contributed by atoms with Crippen molar-refractivity contribution in [3.8, 4) is 17.6 Å². The fourth-order valence-corrected chi connectivity index (χ4v) is 4.52. The first kappa shape index (κ1) is 25.5. The summed E-state index contributed by atoms with van der Waals surface area (Å²) in [6, 6.07) is 21.0. The first-order chi connectivity index (χ1) is 17.9. The second-order valence-corrected chi connectivity index (χ2v) is 8.93. The summed E-state index contributed by atoms with van der Waals surface area (Å²) < 4.78 is 11.7. The zero-order chi connectivity index (χ0) is 26.4. The molecule has 3 aromatic carbocycles. The van der Waals surface area contributed by atoms with Gasteiger partial charge in [0.15, 0.2) is 16.7 Å². The molecule has 4 rings (SSSR count). The van der Waals surface area contributed by atoms with Crippen molar-refractivity contribution >= 4 is 40.6 Å². The Bertz CT molecular complexity index is 1460. The molecule has 3 aromatic rings. The van der Waals surface area contributed by atoms with E-state index in [9.17, 15) is 20.0 Å². The third kappa shape index (κ3) is 6.00. The SMILES string of the molecule is CCOc1cc(/C=C2/SC(=Nc3cccc(C(=O)O)c3)N(C)C2=O)ccc1OCc1ccccc1C#N. The van der Waals surface area contributed by atoms with Gasteiger partial charge in [0.1, 0.15) is 6.61 Å². The van der Waals surface area contributed by atoms with E-state index in [4.69, 9.17) is 9.47 Å². The van der Waals surface area contributed by atoms with Crippen molar-refractivity contribution in [3.63, 3.8) is 0 Å². The molecule has 1 fully saturated rings. The predicted octanol–water partition coefficient (Wildman–Crippen LogP) is 5.47. The van der Waals surface area contributed by atoms with Gasteiger partial charge in [-0.1, -0.05) is 30.3 Å². The standard InChI is InChI=1S/C28H23N3O5S/c1-3-35-24-13-18(11-12-23(24)36-17-21-8-5-4-7-20(21)16-29)14-25-26(32)31(2)28(37-25)30-22-10-6-9-19(15-22)27(33)34/h4-15H,3,17H2,1-2H3,(H,33,34)/b25-14+,30-28?. The minimum atomic E-state index is -1.04. The molecule has 0 aromatic heterocycles. The molecule has 0 bridgehead atoms. The van der Waals surface area contributed by atoms with Crippen molar-refractivity contribution in [1.82, 2.24) is 4.90 Å². The van der Waals surface area contributed by atoms with Gasteiger partial charge in [0.05, 0.1) is 34.4 Å². The maximum Gasteiger partial charge on any atom is 0.335 e. The Morgan fingerprint density at radius 2 is 1.92 bits per heavy atom. The zero-order valence-corrected chi connectivity index (χ0v) is 21.0. The van der Waals surface area contributed by atoms with E-state index in [1.165, 1.54) is 28.8 Å². The quantitative estimate of drug-likeness (QED) is 0.398. The van der Waals surface area contributed by atoms with Crippen molar-refractivity contribution < 1.29 is 24.2 Å². The van der Waals surface area contributed by atoms with E-state index >= 15 is 0 Å². The summed E-state index contributed by atoms with van der Waals surface area (Å²) >= 11 is 1.20. The van der Waals surface area contributed by atoms with Crippen LogP contribution in [0.3, 0.4) is 0 Å². The number of amidine groups is 1. The number of carboxylic acids is 1. The summed E-state index contributed by atoms with van der Waals surface area (Å²) in [5, 5.41) is 19.0. The Hall–Kier alpha value is -4.55. The Balaban J connectivity index is 1.56. The van der Waals surface area contributed by atoms with Crippen molar-refractivity contribution in [2.24, 2.45) is 4.99 Å². The molecule has 9 heteroatoms. The van der Waals surface area contributed by atoms with Crippen molar-refractivity contribution in [3.05, 3.63) is 93.9 Å². The van der Waals surface area contributed by atoms with Gasteiger partial charge in [-0.15, -0.1) is 0 Å². The van der Waals surface area contributed by atoms with Crippen LogP contribution in [0.15, 0.2) is 76.6 Å². The van der Waals surface area contributed by atoms with Gasteiger partial charge in [-0.3, -0.25) is 9.69 Å². The number of benzene rings is 3. The van der Waals surface area contributed by atoms with Crippen LogP contribution >= 0.6 is 11.8 Å². The maximum atomic E-state index is 12.9. The van der Waals surface area contributed by atoms with Crippen molar-refractivity contribution in [1.29, 1.82) is 5.26 Å². The number of nitrogens with zero attached hydrogens (tertiary/aromatic N) is 3. The van der Waals surface area contributed by atoms with Crippen LogP contribution in [0, 0.1) is 11.3 Å². The number of aromatic carboxylic acids is 1. The molecule has 1 aliphatic heterocycles. The molecule has 8 nitrogen and oxygen atoms in total. The summed E-state index contributed by atoms with van der Waals surface area (Å²) in [5.74, 6) is -0.211. The molecule has 0 atom stereocenters. The Labute approximate surface area is 218 Å². The minimum absolute atomic E-state index is 0.122. The third-order valence-electron chi connectivity index (χ3n) is 5.41. The van der Waals surface area contributed by atoms with Crippen molar-refractivity contribution in [2.75, 3.05) is 13.7 Å². The number of hydrogen-bond acceptors (Lipinski definition) is 7. The number of ether oxygens (including phenoxy) is 2. The molecular weight excluding hydrogens is 490 g/mol. The molecular formula is C28H23N3O5S. The third-order valence-corrected chi connectivity index (χ3v) is 6.47. The Morgan fingerprint density at radius 3 is 2.68 bits per heavy atom. The number of thioether (sulfide) groups is 1. The molecule has 186 valence electrons. The number of rotatable bonds is 8. The molecule has 1 aliphatic rings. The highest BCUT2D eigenvalue weighted by molar-refractivity contribution is 8.18. The van der Waals surface area contributed by atoms with Crippen LogP contribution in [-0.2, 0) is 11.4 Å². The molecule has 1 heterocycles. The fourth-order valence-electron chi connectivity index (χ4n) is 3.53. The fraction of sp³-hybridized carbons (Fsp3) is 0.143. The van der Waals surface area contributed by atoms with Crippen LogP contribution in [0.25, 0.3) is 6.08 Å². The van der Waals surface area contributed by atoms with E-state index in [1.54, 1.807) is 49.5 Å². The second-order valence-electron chi connectivity index (χ2n) is 7.92. The number of hydrogen-bond donors (Lipinski definition) is 1. The van der Waals surface area contributed by atoms with Crippen LogP contribution in [0.4, 0.5) is 5.69 Å². The second kappa shape index (κ2) is 11.5. The number of amides is 1. The topological polar surface area (TPSA) is 112 Å². The lowest BCUT2D eigenvalue weighted by molar-refractivity contribution is -0.121. The highest BCUT2D eigenvalue weighted by Crippen LogP contribution is 2.35. The first-order valence-electron chi connectivity index (χ1n) is 11.4. The van der Waals surface area contributed by atoms with Crippen molar-refractivity contribution in [2.45, 2.75) is 13.5 Å². The Morgan fingerprint density at radius 1 is 1.11 bits per heavy atom. The van der Waals surface area contributed by atoms with Gasteiger partial charge in [-0.2, -0.15) is 5.26 Å². The number of likely N-dealkylation sites (N-methyl/N-ethyl adjacent to an activating group) is 1. The number of carboxylic acid groups (broad SMARTS) is 1. The van der Waals surface area contributed by atoms with Crippen LogP contribution in [0.5, 0.6) is 11.5 Å². The summed E-state index contributed by atoms with van der Waals surface area (Å²) in [4.78, 5) is 30.5. The number of nitriles is 1. The predicted molar refractivity (Wildman–Crippen MR) is 142 cm³/mol. The largest absolute Gasteiger partial charge is 0.490 e. The monoisotopic (exact) mass is 513 g/mol. The first-order valence-corrected chi connectivity index (χ1v) is 12.2. The average molecular weight is 514 g/mol. The molecule has 1 N–H and O–H groups in total. The van der Waals surface area contributed by atoms with Gasteiger partial charge in [0, 0.05) is 12.6 Å². The molecule has 37 heavy (non-hydrogen) atoms. The molecule has 0 radical (unpaired) electrons. The zero-order valence-electron chi connectivity index (χ0n) is 20.2. The molecule has 1 amide bonds. The van der Waals surface area contributed by atoms with Crippen LogP contribution < -0.4 is 9.47 Å². The van der Waals surface area contributed by atoms with Crippen LogP contribution in [-0.4, -0.2) is 40.7 Å². The number of aliphatic imine (C=N–C) groups is 1. The van der Waals surface area contributed by atoms with Crippen LogP contribution in [0.2, 0.25) is 0 Å². The smallest absolute Gasteiger partial charge is 0.335 e. The van der Waals surface area contributed by atoms with Gasteiger partial charge in [0.2, 0.25) is 0 Å². The lowest BCUT2D eigenvalue weighted by Crippen LogP contribution is -2.23. The lowest BCUT2D eigenvalue weighted by atomic mass is 10.1. The van der Waals surface area contributed by atoms with E-state index in [0.717, 1.165) is 11.1 Å². The Kier molecular flexibility index (Phi) is 7.91. The minimum Gasteiger partial charge on any atom is -0.490 e. The molecule has 0 saturated carbocycles. The van der Waals surface area contributed by atoms with Gasteiger partial charge in [-0.25, -0.2) is 9.79 Å². The van der Waals surface area contributed by atoms with E-state index < -0.39 is 5.97 Å². The maximum absolute atomic E-state index is 12.9. The lowest BCUT2D eigenvalue weighted by Gasteiger charge is -2.13. The van der Waals surface area contributed by atoms with E-state index in [1.807, 2.05) is 25.1 Å². The van der Waals surface area contributed by atoms with Gasteiger partial charge in [0.25, 0.3) is 5.91 Å². The average Bonchev–Trinajstić information content (AvgIpc) is 3.16. The summed E-state index contributed by atoms with van der Waals surface area (Å²) in [6.07, 6.45) is 1.75. The molecule has 0 unspecified atom stereocenters. The molecule has 0 aliphatic carbocycles. The molecule has 1 saturated heterocycles. The van der Waals surface area contributed by atoms with E-state index in [-0.39, 0.29) is 18.1 Å². The highest BCUT2D eigenvalue weighted by Gasteiger charge is 2.30. The van der Waals surface area contributed by atoms with Gasteiger partial charge in [-0.05, 0) is 66.7 Å². The van der Waals surface area contributed by atoms with E-state index in [0.29, 0.717) is 39.4 Å². The number of carbonyl (C=O) groups excluding carboxylic acids is 1. The van der Waals surface area contributed by atoms with Gasteiger partial charge < -0.3 is 14.6 Å².